The number of nitrogens with zero attached hydrogens (tertiary/aromatic N) is 2. The fourth-order valence-electron chi connectivity index (χ4n) is 6.70. The molecule has 2 heterocycles. The van der Waals surface area contributed by atoms with Crippen LogP contribution in [-0.4, -0.2) is 0 Å². The van der Waals surface area contributed by atoms with Crippen molar-refractivity contribution >= 4 is 0 Å². The minimum atomic E-state index is -0.0227. The minimum Gasteiger partial charge on any atom is -0.205 e. The van der Waals surface area contributed by atoms with Crippen LogP contribution in [0.3, 0.4) is 0 Å². The Morgan fingerprint density at radius 1 is 0.595 bits per heavy atom. The van der Waals surface area contributed by atoms with Crippen LogP contribution in [0.1, 0.15) is 89.0 Å². The van der Waals surface area contributed by atoms with Crippen LogP contribution in [0.2, 0.25) is 0 Å². The second kappa shape index (κ2) is 8.94. The molecule has 0 saturated carbocycles. The van der Waals surface area contributed by atoms with Gasteiger partial charge in [-0.3, -0.25) is 0 Å². The molecular formula is C35H40N2+2. The van der Waals surface area contributed by atoms with E-state index in [4.69, 9.17) is 0 Å². The molecule has 0 aliphatic heterocycles. The molecule has 2 nitrogen and oxygen atoms in total. The highest BCUT2D eigenvalue weighted by molar-refractivity contribution is 5.81. The number of aromatic nitrogens is 2. The van der Waals surface area contributed by atoms with Crippen molar-refractivity contribution in [3.63, 3.8) is 0 Å². The van der Waals surface area contributed by atoms with E-state index < -0.39 is 0 Å². The molecule has 0 saturated heterocycles. The summed E-state index contributed by atoms with van der Waals surface area (Å²) < 4.78 is 4.74. The van der Waals surface area contributed by atoms with Crippen molar-refractivity contribution in [1.82, 2.24) is 0 Å². The van der Waals surface area contributed by atoms with Gasteiger partial charge < -0.3 is 0 Å². The lowest BCUT2D eigenvalue weighted by molar-refractivity contribution is -0.697. The topological polar surface area (TPSA) is 7.76 Å². The van der Waals surface area contributed by atoms with Crippen LogP contribution in [0.25, 0.3) is 27.9 Å². The molecule has 0 fully saturated rings. The van der Waals surface area contributed by atoms with Crippen LogP contribution in [0.4, 0.5) is 0 Å². The summed E-state index contributed by atoms with van der Waals surface area (Å²) >= 11 is 0. The maximum absolute atomic E-state index is 2.41. The van der Waals surface area contributed by atoms with Gasteiger partial charge in [0.25, 0.3) is 0 Å². The van der Waals surface area contributed by atoms with Gasteiger partial charge in [0, 0.05) is 52.6 Å². The molecule has 2 heteroatoms. The van der Waals surface area contributed by atoms with E-state index in [1.165, 1.54) is 82.3 Å². The standard InChI is InChI=1S/C35H40N2/c1-6-7-8-9-12-19-36-20-17-28-29-18-21-37(24-33(29)35(4,5)32(28)23-36)25-15-16-27-26-13-10-11-14-30(26)34(2,3)31(27)22-25/h10-11,13-18,20-24H,6-9,12,19H2,1-5H3/q+2. The number of hydrogen-bond acceptors (Lipinski definition) is 0. The van der Waals surface area contributed by atoms with Gasteiger partial charge in [-0.2, -0.15) is 4.57 Å². The van der Waals surface area contributed by atoms with E-state index in [0.717, 1.165) is 6.54 Å². The van der Waals surface area contributed by atoms with Crippen LogP contribution in [0.5, 0.6) is 0 Å². The zero-order chi connectivity index (χ0) is 25.8. The van der Waals surface area contributed by atoms with Crippen LogP contribution in [0, 0.1) is 0 Å². The largest absolute Gasteiger partial charge is 0.210 e. The Balaban J connectivity index is 1.32. The molecule has 2 aliphatic carbocycles. The van der Waals surface area contributed by atoms with Gasteiger partial charge in [0.1, 0.15) is 6.54 Å². The Morgan fingerprint density at radius 3 is 2.05 bits per heavy atom. The molecule has 2 aromatic heterocycles. The van der Waals surface area contributed by atoms with Crippen molar-refractivity contribution in [2.75, 3.05) is 0 Å². The van der Waals surface area contributed by atoms with E-state index in [9.17, 15) is 0 Å². The Kier molecular flexibility index (Phi) is 5.82. The molecule has 2 aromatic carbocycles. The third kappa shape index (κ3) is 3.84. The first-order valence-electron chi connectivity index (χ1n) is 14.2. The highest BCUT2D eigenvalue weighted by Gasteiger charge is 2.40. The van der Waals surface area contributed by atoms with Crippen molar-refractivity contribution in [2.24, 2.45) is 0 Å². The first kappa shape index (κ1) is 24.1. The van der Waals surface area contributed by atoms with Crippen molar-refractivity contribution in [3.05, 3.63) is 102 Å². The van der Waals surface area contributed by atoms with Crippen molar-refractivity contribution in [2.45, 2.75) is 84.1 Å². The number of hydrogen-bond donors (Lipinski definition) is 0. The zero-order valence-electron chi connectivity index (χ0n) is 23.1. The van der Waals surface area contributed by atoms with Crippen molar-refractivity contribution in [3.8, 4) is 27.9 Å². The van der Waals surface area contributed by atoms with E-state index >= 15 is 0 Å². The normalized spacial score (nSPS) is 15.7. The summed E-state index contributed by atoms with van der Waals surface area (Å²) in [6.07, 6.45) is 15.9. The number of unbranched alkanes of at least 4 members (excludes halogenated alkanes) is 4. The Hall–Kier alpha value is -3.26. The van der Waals surface area contributed by atoms with Gasteiger partial charge in [-0.1, -0.05) is 78.1 Å². The van der Waals surface area contributed by atoms with Gasteiger partial charge in [0.05, 0.1) is 0 Å². The number of benzene rings is 2. The highest BCUT2D eigenvalue weighted by atomic mass is 14.9. The summed E-state index contributed by atoms with van der Waals surface area (Å²) in [5.41, 5.74) is 12.4. The fraction of sp³-hybridized carbons (Fsp3) is 0.371. The summed E-state index contributed by atoms with van der Waals surface area (Å²) in [5.74, 6) is 0. The van der Waals surface area contributed by atoms with Crippen LogP contribution >= 0.6 is 0 Å². The Bertz CT molecular complexity index is 1490. The molecule has 0 radical (unpaired) electrons. The van der Waals surface area contributed by atoms with Crippen LogP contribution in [-0.2, 0) is 17.4 Å². The van der Waals surface area contributed by atoms with E-state index in [1.54, 1.807) is 0 Å². The van der Waals surface area contributed by atoms with Gasteiger partial charge >= 0.3 is 0 Å². The SMILES string of the molecule is CCCCCCC[n+]1ccc2c(c1)C(C)(C)c1c[n+](-c3ccc4c(c3)C(C)(C)c3ccccc3-4)ccc1-2. The summed E-state index contributed by atoms with van der Waals surface area (Å²) in [6.45, 7) is 12.9. The molecule has 0 N–H and O–H groups in total. The zero-order valence-corrected chi connectivity index (χ0v) is 23.1. The number of fused-ring (bicyclic) bond motifs is 6. The fourth-order valence-corrected chi connectivity index (χ4v) is 6.70. The van der Waals surface area contributed by atoms with Gasteiger partial charge in [0.15, 0.2) is 24.8 Å². The van der Waals surface area contributed by atoms with Crippen molar-refractivity contribution < 1.29 is 9.13 Å². The van der Waals surface area contributed by atoms with Crippen LogP contribution in [0.15, 0.2) is 79.4 Å². The smallest absolute Gasteiger partial charge is 0.205 e. The number of rotatable bonds is 7. The molecule has 37 heavy (non-hydrogen) atoms. The predicted octanol–water partition coefficient (Wildman–Crippen LogP) is 7.83. The highest BCUT2D eigenvalue weighted by Crippen LogP contribution is 2.49. The Labute approximate surface area is 222 Å². The summed E-state index contributed by atoms with van der Waals surface area (Å²) in [4.78, 5) is 0. The molecule has 188 valence electrons. The van der Waals surface area contributed by atoms with E-state index in [1.807, 2.05) is 0 Å². The third-order valence-electron chi connectivity index (χ3n) is 9.00. The lowest BCUT2D eigenvalue weighted by Crippen LogP contribution is -2.35. The molecule has 0 unspecified atom stereocenters. The first-order chi connectivity index (χ1) is 17.8. The van der Waals surface area contributed by atoms with Gasteiger partial charge in [-0.25, -0.2) is 4.57 Å². The molecular weight excluding hydrogens is 448 g/mol. The number of pyridine rings is 2. The molecule has 0 atom stereocenters. The molecule has 4 aromatic rings. The average Bonchev–Trinajstić information content (AvgIpc) is 3.27. The second-order valence-corrected chi connectivity index (χ2v) is 12.1. The van der Waals surface area contributed by atoms with E-state index in [2.05, 4.69) is 123 Å². The van der Waals surface area contributed by atoms with Gasteiger partial charge in [0.2, 0.25) is 5.69 Å². The van der Waals surface area contributed by atoms with E-state index in [0.29, 0.717) is 0 Å². The van der Waals surface area contributed by atoms with Gasteiger partial charge in [-0.15, -0.1) is 0 Å². The first-order valence-corrected chi connectivity index (χ1v) is 14.2. The molecule has 0 bridgehead atoms. The summed E-state index contributed by atoms with van der Waals surface area (Å²) in [6, 6.07) is 20.6. The maximum Gasteiger partial charge on any atom is 0.210 e. The molecule has 0 spiro atoms. The average molecular weight is 489 g/mol. The quantitative estimate of drug-likeness (QED) is 0.185. The second-order valence-electron chi connectivity index (χ2n) is 12.1. The molecule has 2 aliphatic rings. The van der Waals surface area contributed by atoms with Gasteiger partial charge in [-0.05, 0) is 45.9 Å². The third-order valence-corrected chi connectivity index (χ3v) is 9.00. The lowest BCUT2D eigenvalue weighted by atomic mass is 9.82. The molecule has 6 rings (SSSR count). The predicted molar refractivity (Wildman–Crippen MR) is 152 cm³/mol. The maximum atomic E-state index is 2.41. The van der Waals surface area contributed by atoms with Crippen LogP contribution < -0.4 is 9.13 Å². The summed E-state index contributed by atoms with van der Waals surface area (Å²) in [7, 11) is 0. The monoisotopic (exact) mass is 488 g/mol. The lowest BCUT2D eigenvalue weighted by Gasteiger charge is -2.21. The number of aryl methyl sites for hydroxylation is 1. The van der Waals surface area contributed by atoms with E-state index in [-0.39, 0.29) is 10.8 Å². The molecule has 0 amide bonds. The summed E-state index contributed by atoms with van der Waals surface area (Å²) in [5, 5.41) is 0. The van der Waals surface area contributed by atoms with Crippen molar-refractivity contribution in [1.29, 1.82) is 0 Å². The Morgan fingerprint density at radius 2 is 1.24 bits per heavy atom. The minimum absolute atomic E-state index is 0.0128.